The molecular formula is C11H13BrO3. The summed E-state index contributed by atoms with van der Waals surface area (Å²) in [4.78, 5) is 10.5. The lowest BCUT2D eigenvalue weighted by Gasteiger charge is -2.10. The third-order valence-corrected chi connectivity index (χ3v) is 2.42. The number of hydrogen-bond acceptors (Lipinski definition) is 3. The van der Waals surface area contributed by atoms with Crippen LogP contribution in [0.1, 0.15) is 16.8 Å². The summed E-state index contributed by atoms with van der Waals surface area (Å²) in [6.07, 6.45) is 1.71. The molecule has 3 nitrogen and oxygen atoms in total. The maximum absolute atomic E-state index is 10.5. The molecule has 0 aliphatic carbocycles. The zero-order chi connectivity index (χ0) is 11.1. The van der Waals surface area contributed by atoms with E-state index in [9.17, 15) is 4.79 Å². The summed E-state index contributed by atoms with van der Waals surface area (Å²) in [7, 11) is 1.56. The number of halogens is 1. The van der Waals surface area contributed by atoms with E-state index in [1.807, 2.05) is 0 Å². The quantitative estimate of drug-likeness (QED) is 0.454. The summed E-state index contributed by atoms with van der Waals surface area (Å²) >= 11 is 3.32. The van der Waals surface area contributed by atoms with Gasteiger partial charge < -0.3 is 9.47 Å². The molecule has 82 valence electrons. The molecule has 0 unspecified atom stereocenters. The van der Waals surface area contributed by atoms with Gasteiger partial charge in [-0.15, -0.1) is 0 Å². The molecular weight excluding hydrogens is 260 g/mol. The Hall–Kier alpha value is -1.03. The highest BCUT2D eigenvalue weighted by molar-refractivity contribution is 9.09. The highest BCUT2D eigenvalue weighted by Crippen LogP contribution is 2.27. The minimum Gasteiger partial charge on any atom is -0.493 e. The average molecular weight is 273 g/mol. The van der Waals surface area contributed by atoms with Crippen LogP contribution in [-0.4, -0.2) is 25.3 Å². The maximum Gasteiger partial charge on any atom is 0.161 e. The first-order valence-electron chi connectivity index (χ1n) is 4.63. The number of carbonyl (C=O) groups excluding carboxylic acids is 1. The van der Waals surface area contributed by atoms with Crippen LogP contribution in [0.2, 0.25) is 0 Å². The fourth-order valence-electron chi connectivity index (χ4n) is 1.11. The predicted molar refractivity (Wildman–Crippen MR) is 62.3 cm³/mol. The van der Waals surface area contributed by atoms with E-state index in [-0.39, 0.29) is 0 Å². The van der Waals surface area contributed by atoms with E-state index in [0.29, 0.717) is 23.7 Å². The van der Waals surface area contributed by atoms with Crippen LogP contribution in [-0.2, 0) is 0 Å². The molecule has 0 saturated carbocycles. The van der Waals surface area contributed by atoms with E-state index >= 15 is 0 Å². The van der Waals surface area contributed by atoms with Crippen molar-refractivity contribution in [3.63, 3.8) is 0 Å². The summed E-state index contributed by atoms with van der Waals surface area (Å²) in [5, 5.41) is 0.905. The highest BCUT2D eigenvalue weighted by atomic mass is 79.9. The van der Waals surface area contributed by atoms with Crippen LogP contribution in [0.3, 0.4) is 0 Å². The van der Waals surface area contributed by atoms with E-state index in [2.05, 4.69) is 15.9 Å². The monoisotopic (exact) mass is 272 g/mol. The summed E-state index contributed by atoms with van der Waals surface area (Å²) in [6.45, 7) is 0.627. The van der Waals surface area contributed by atoms with Gasteiger partial charge in [-0.2, -0.15) is 0 Å². The molecule has 0 aliphatic rings. The number of aldehydes is 1. The van der Waals surface area contributed by atoms with E-state index in [0.717, 1.165) is 18.0 Å². The highest BCUT2D eigenvalue weighted by Gasteiger charge is 2.04. The molecule has 0 aliphatic heterocycles. The molecule has 15 heavy (non-hydrogen) atoms. The van der Waals surface area contributed by atoms with Gasteiger partial charge in [0, 0.05) is 10.9 Å². The molecule has 1 rings (SSSR count). The topological polar surface area (TPSA) is 35.5 Å². The second-order valence-electron chi connectivity index (χ2n) is 2.92. The molecule has 0 amide bonds. The standard InChI is InChI=1S/C11H13BrO3/c1-14-11-7-9(8-13)3-4-10(11)15-6-2-5-12/h3-4,7-8H,2,5-6H2,1H3. The SMILES string of the molecule is COc1cc(C=O)ccc1OCCCBr. The minimum atomic E-state index is 0.583. The number of carbonyl (C=O) groups is 1. The Morgan fingerprint density at radius 1 is 1.40 bits per heavy atom. The Morgan fingerprint density at radius 3 is 2.80 bits per heavy atom. The van der Waals surface area contributed by atoms with Crippen LogP contribution in [0.5, 0.6) is 11.5 Å². The molecule has 0 fully saturated rings. The summed E-state index contributed by atoms with van der Waals surface area (Å²) in [6, 6.07) is 5.12. The molecule has 4 heteroatoms. The molecule has 0 radical (unpaired) electrons. The Bertz CT molecular complexity index is 326. The first-order valence-corrected chi connectivity index (χ1v) is 5.76. The average Bonchev–Trinajstić information content (AvgIpc) is 2.29. The van der Waals surface area contributed by atoms with Gasteiger partial charge in [0.1, 0.15) is 6.29 Å². The van der Waals surface area contributed by atoms with Gasteiger partial charge >= 0.3 is 0 Å². The number of methoxy groups -OCH3 is 1. The van der Waals surface area contributed by atoms with Gasteiger partial charge in [-0.05, 0) is 24.6 Å². The molecule has 0 spiro atoms. The van der Waals surface area contributed by atoms with Crippen molar-refractivity contribution in [1.82, 2.24) is 0 Å². The van der Waals surface area contributed by atoms with Crippen molar-refractivity contribution in [2.75, 3.05) is 19.0 Å². The van der Waals surface area contributed by atoms with Crippen LogP contribution >= 0.6 is 15.9 Å². The van der Waals surface area contributed by atoms with Gasteiger partial charge in [0.2, 0.25) is 0 Å². The van der Waals surface area contributed by atoms with E-state index in [1.165, 1.54) is 0 Å². The fraction of sp³-hybridized carbons (Fsp3) is 0.364. The zero-order valence-electron chi connectivity index (χ0n) is 8.53. The van der Waals surface area contributed by atoms with Crippen LogP contribution in [0.4, 0.5) is 0 Å². The van der Waals surface area contributed by atoms with Gasteiger partial charge in [0.15, 0.2) is 11.5 Å². The largest absolute Gasteiger partial charge is 0.493 e. The lowest BCUT2D eigenvalue weighted by molar-refractivity contribution is 0.112. The molecule has 1 aromatic rings. The van der Waals surface area contributed by atoms with Crippen LogP contribution in [0, 0.1) is 0 Å². The van der Waals surface area contributed by atoms with Crippen molar-refractivity contribution < 1.29 is 14.3 Å². The molecule has 0 N–H and O–H groups in total. The number of benzene rings is 1. The summed E-state index contributed by atoms with van der Waals surface area (Å²) < 4.78 is 10.6. The Labute approximate surface area is 97.5 Å². The number of hydrogen-bond donors (Lipinski definition) is 0. The summed E-state index contributed by atoms with van der Waals surface area (Å²) in [5.74, 6) is 1.26. The van der Waals surface area contributed by atoms with Gasteiger partial charge in [0.05, 0.1) is 13.7 Å². The van der Waals surface area contributed by atoms with Crippen LogP contribution < -0.4 is 9.47 Å². The van der Waals surface area contributed by atoms with Gasteiger partial charge in [-0.25, -0.2) is 0 Å². The molecule has 0 atom stereocenters. The van der Waals surface area contributed by atoms with Crippen molar-refractivity contribution >= 4 is 22.2 Å². The maximum atomic E-state index is 10.5. The Morgan fingerprint density at radius 2 is 2.20 bits per heavy atom. The smallest absolute Gasteiger partial charge is 0.161 e. The third kappa shape index (κ3) is 3.55. The van der Waals surface area contributed by atoms with Crippen LogP contribution in [0.15, 0.2) is 18.2 Å². The van der Waals surface area contributed by atoms with Crippen molar-refractivity contribution in [1.29, 1.82) is 0 Å². The normalized spacial score (nSPS) is 9.73. The zero-order valence-corrected chi connectivity index (χ0v) is 10.1. The van der Waals surface area contributed by atoms with E-state index in [1.54, 1.807) is 25.3 Å². The predicted octanol–water partition coefficient (Wildman–Crippen LogP) is 2.67. The lowest BCUT2D eigenvalue weighted by Crippen LogP contribution is -2.00. The lowest BCUT2D eigenvalue weighted by atomic mass is 10.2. The molecule has 0 aromatic heterocycles. The first kappa shape index (κ1) is 12.0. The van der Waals surface area contributed by atoms with E-state index < -0.39 is 0 Å². The van der Waals surface area contributed by atoms with E-state index in [4.69, 9.17) is 9.47 Å². The second-order valence-corrected chi connectivity index (χ2v) is 3.71. The van der Waals surface area contributed by atoms with Crippen molar-refractivity contribution in [2.24, 2.45) is 0 Å². The van der Waals surface area contributed by atoms with Gasteiger partial charge in [0.25, 0.3) is 0 Å². The fourth-order valence-corrected chi connectivity index (χ4v) is 1.34. The minimum absolute atomic E-state index is 0.583. The van der Waals surface area contributed by atoms with Crippen molar-refractivity contribution in [2.45, 2.75) is 6.42 Å². The molecule has 1 aromatic carbocycles. The number of alkyl halides is 1. The van der Waals surface area contributed by atoms with Crippen molar-refractivity contribution in [3.05, 3.63) is 23.8 Å². The Balaban J connectivity index is 2.73. The van der Waals surface area contributed by atoms with Gasteiger partial charge in [-0.1, -0.05) is 15.9 Å². The first-order chi connectivity index (χ1) is 7.31. The second kappa shape index (κ2) is 6.45. The summed E-state index contributed by atoms with van der Waals surface area (Å²) in [5.41, 5.74) is 0.583. The molecule has 0 saturated heterocycles. The Kier molecular flexibility index (Phi) is 5.18. The van der Waals surface area contributed by atoms with Crippen molar-refractivity contribution in [3.8, 4) is 11.5 Å². The van der Waals surface area contributed by atoms with Crippen LogP contribution in [0.25, 0.3) is 0 Å². The van der Waals surface area contributed by atoms with Gasteiger partial charge in [-0.3, -0.25) is 4.79 Å². The molecule has 0 bridgehead atoms. The number of rotatable bonds is 6. The number of ether oxygens (including phenoxy) is 2. The third-order valence-electron chi connectivity index (χ3n) is 1.86. The molecule has 0 heterocycles.